The topological polar surface area (TPSA) is 65.0 Å². The van der Waals surface area contributed by atoms with Crippen LogP contribution < -0.4 is 15.5 Å². The predicted octanol–water partition coefficient (Wildman–Crippen LogP) is 2.64. The molecular weight excluding hydrogens is 491 g/mol. The molecule has 0 bridgehead atoms. The first kappa shape index (κ1) is 25.1. The maximum atomic E-state index is 5.59. The number of guanidine groups is 1. The molecule has 0 aromatic carbocycles. The first-order valence-electron chi connectivity index (χ1n) is 11.0. The van der Waals surface area contributed by atoms with Crippen LogP contribution in [0.5, 0.6) is 0 Å². The number of piperidine rings is 1. The minimum atomic E-state index is 0. The van der Waals surface area contributed by atoms with Crippen molar-refractivity contribution in [2.75, 3.05) is 58.4 Å². The van der Waals surface area contributed by atoms with Gasteiger partial charge in [0.2, 0.25) is 0 Å². The summed E-state index contributed by atoms with van der Waals surface area (Å²) in [6.07, 6.45) is 4.25. The maximum Gasteiger partial charge on any atom is 0.191 e. The van der Waals surface area contributed by atoms with Crippen LogP contribution in [0, 0.1) is 6.92 Å². The number of aromatic nitrogens is 1. The third kappa shape index (κ3) is 6.68. The van der Waals surface area contributed by atoms with Crippen molar-refractivity contribution >= 4 is 35.8 Å². The third-order valence-corrected chi connectivity index (χ3v) is 6.28. The number of aliphatic imine (C=N–C) groups is 1. The van der Waals surface area contributed by atoms with Crippen LogP contribution in [-0.2, 0) is 4.74 Å². The molecule has 0 saturated carbocycles. The second kappa shape index (κ2) is 12.0. The number of ether oxygens (including phenoxy) is 1. The molecular formula is C22H39IN6O. The van der Waals surface area contributed by atoms with E-state index in [2.05, 4.69) is 71.6 Å². The molecule has 170 valence electrons. The Labute approximate surface area is 199 Å². The normalized spacial score (nSPS) is 20.0. The number of aryl methyl sites for hydroxylation is 1. The fourth-order valence-electron chi connectivity index (χ4n) is 4.20. The highest BCUT2D eigenvalue weighted by atomic mass is 127. The van der Waals surface area contributed by atoms with Crippen LogP contribution in [-0.4, -0.2) is 80.9 Å². The average molecular weight is 530 g/mol. The van der Waals surface area contributed by atoms with Gasteiger partial charge in [-0.25, -0.2) is 4.98 Å². The summed E-state index contributed by atoms with van der Waals surface area (Å²) in [6.45, 7) is 9.53. The van der Waals surface area contributed by atoms with Crippen LogP contribution in [0.2, 0.25) is 0 Å². The van der Waals surface area contributed by atoms with Gasteiger partial charge in [0, 0.05) is 50.1 Å². The van der Waals surface area contributed by atoms with Crippen LogP contribution in [0.1, 0.15) is 38.3 Å². The first-order chi connectivity index (χ1) is 14.0. The summed E-state index contributed by atoms with van der Waals surface area (Å²) >= 11 is 0. The Morgan fingerprint density at radius 2 is 1.97 bits per heavy atom. The van der Waals surface area contributed by atoms with E-state index in [-0.39, 0.29) is 29.5 Å². The minimum absolute atomic E-state index is 0. The number of pyridine rings is 1. The second-order valence-corrected chi connectivity index (χ2v) is 8.47. The number of nitrogens with zero attached hydrogens (tertiary/aromatic N) is 4. The van der Waals surface area contributed by atoms with Gasteiger partial charge in [-0.1, -0.05) is 6.07 Å². The number of rotatable bonds is 6. The third-order valence-electron chi connectivity index (χ3n) is 6.28. The lowest BCUT2D eigenvalue weighted by molar-refractivity contribution is -0.00255. The Hall–Kier alpha value is -1.13. The smallest absolute Gasteiger partial charge is 0.191 e. The lowest BCUT2D eigenvalue weighted by atomic mass is 9.89. The maximum absolute atomic E-state index is 5.59. The molecule has 2 N–H and O–H groups in total. The van der Waals surface area contributed by atoms with E-state index in [1.807, 2.05) is 0 Å². The van der Waals surface area contributed by atoms with E-state index in [4.69, 9.17) is 9.73 Å². The molecule has 7 nitrogen and oxygen atoms in total. The number of halogens is 1. The van der Waals surface area contributed by atoms with Gasteiger partial charge in [0.25, 0.3) is 0 Å². The summed E-state index contributed by atoms with van der Waals surface area (Å²) in [5, 5.41) is 7.12. The minimum Gasteiger partial charge on any atom is -0.381 e. The molecule has 0 amide bonds. The van der Waals surface area contributed by atoms with Crippen molar-refractivity contribution in [3.63, 3.8) is 0 Å². The quantitative estimate of drug-likeness (QED) is 0.335. The molecule has 30 heavy (non-hydrogen) atoms. The summed E-state index contributed by atoms with van der Waals surface area (Å²) in [6, 6.07) is 6.70. The summed E-state index contributed by atoms with van der Waals surface area (Å²) in [5.74, 6) is 2.03. The zero-order valence-corrected chi connectivity index (χ0v) is 21.3. The fraction of sp³-hybridized carbons (Fsp3) is 0.727. The standard InChI is InChI=1S/C22H38N6O.HI/c1-5-23-21(24-17-22(27(3)4)11-15-29-16-12-22)26-19-9-13-28(14-10-19)20-8-6-7-18(2)25-20;/h6-8,19H,5,9-17H2,1-4H3,(H2,23,24,26);1H. The molecule has 2 aliphatic heterocycles. The average Bonchev–Trinajstić information content (AvgIpc) is 2.73. The van der Waals surface area contributed by atoms with Crippen LogP contribution in [0.25, 0.3) is 0 Å². The van der Waals surface area contributed by atoms with E-state index >= 15 is 0 Å². The molecule has 3 rings (SSSR count). The Bertz CT molecular complexity index is 669. The van der Waals surface area contributed by atoms with Crippen LogP contribution >= 0.6 is 24.0 Å². The summed E-state index contributed by atoms with van der Waals surface area (Å²) in [7, 11) is 4.33. The number of likely N-dealkylation sites (N-methyl/N-ethyl adjacent to an activating group) is 1. The molecule has 0 spiro atoms. The molecule has 2 aliphatic rings. The highest BCUT2D eigenvalue weighted by molar-refractivity contribution is 14.0. The number of nitrogens with one attached hydrogen (secondary N) is 2. The Balaban J connectivity index is 0.00000320. The summed E-state index contributed by atoms with van der Waals surface area (Å²) in [4.78, 5) is 14.4. The predicted molar refractivity (Wildman–Crippen MR) is 135 cm³/mol. The van der Waals surface area contributed by atoms with Crippen molar-refractivity contribution in [1.82, 2.24) is 20.5 Å². The molecule has 0 aliphatic carbocycles. The van der Waals surface area contributed by atoms with Gasteiger partial charge >= 0.3 is 0 Å². The molecule has 1 aromatic heterocycles. The molecule has 0 atom stereocenters. The van der Waals surface area contributed by atoms with Gasteiger partial charge in [-0.3, -0.25) is 4.99 Å². The SMILES string of the molecule is CCNC(=NCC1(N(C)C)CCOCC1)NC1CCN(c2cccc(C)n2)CC1.I. The van der Waals surface area contributed by atoms with E-state index in [1.165, 1.54) is 0 Å². The second-order valence-electron chi connectivity index (χ2n) is 8.47. The van der Waals surface area contributed by atoms with E-state index in [1.54, 1.807) is 0 Å². The van der Waals surface area contributed by atoms with Crippen molar-refractivity contribution < 1.29 is 4.74 Å². The number of hydrogen-bond acceptors (Lipinski definition) is 5. The molecule has 0 unspecified atom stereocenters. The van der Waals surface area contributed by atoms with Gasteiger partial charge in [-0.05, 0) is 65.8 Å². The number of anilines is 1. The van der Waals surface area contributed by atoms with Gasteiger partial charge in [-0.15, -0.1) is 24.0 Å². The molecule has 1 aromatic rings. The van der Waals surface area contributed by atoms with Crippen molar-refractivity contribution in [3.8, 4) is 0 Å². The zero-order chi connectivity index (χ0) is 20.7. The molecule has 8 heteroatoms. The largest absolute Gasteiger partial charge is 0.381 e. The fourth-order valence-corrected chi connectivity index (χ4v) is 4.20. The Morgan fingerprint density at radius 3 is 2.57 bits per heavy atom. The van der Waals surface area contributed by atoms with Gasteiger partial charge in [0.05, 0.1) is 6.54 Å². The van der Waals surface area contributed by atoms with Crippen LogP contribution in [0.15, 0.2) is 23.2 Å². The van der Waals surface area contributed by atoms with Crippen molar-refractivity contribution in [2.45, 2.75) is 51.1 Å². The lowest BCUT2D eigenvalue weighted by Gasteiger charge is -2.42. The highest BCUT2D eigenvalue weighted by Crippen LogP contribution is 2.26. The van der Waals surface area contributed by atoms with Crippen LogP contribution in [0.3, 0.4) is 0 Å². The number of hydrogen-bond donors (Lipinski definition) is 2. The van der Waals surface area contributed by atoms with Gasteiger partial charge in [0.1, 0.15) is 5.82 Å². The van der Waals surface area contributed by atoms with Crippen molar-refractivity contribution in [1.29, 1.82) is 0 Å². The van der Waals surface area contributed by atoms with Gasteiger partial charge in [-0.2, -0.15) is 0 Å². The van der Waals surface area contributed by atoms with E-state index < -0.39 is 0 Å². The first-order valence-corrected chi connectivity index (χ1v) is 11.0. The Kier molecular flexibility index (Phi) is 10.1. The molecule has 2 fully saturated rings. The van der Waals surface area contributed by atoms with E-state index in [0.717, 1.165) is 82.5 Å². The van der Waals surface area contributed by atoms with Gasteiger partial charge in [0.15, 0.2) is 5.96 Å². The highest BCUT2D eigenvalue weighted by Gasteiger charge is 2.34. The van der Waals surface area contributed by atoms with Gasteiger partial charge < -0.3 is 25.2 Å². The van der Waals surface area contributed by atoms with Crippen molar-refractivity contribution in [2.24, 2.45) is 4.99 Å². The molecule has 2 saturated heterocycles. The molecule has 3 heterocycles. The Morgan fingerprint density at radius 1 is 1.27 bits per heavy atom. The monoisotopic (exact) mass is 530 g/mol. The van der Waals surface area contributed by atoms with E-state index in [0.29, 0.717) is 6.04 Å². The van der Waals surface area contributed by atoms with Crippen LogP contribution in [0.4, 0.5) is 5.82 Å². The molecule has 0 radical (unpaired) electrons. The summed E-state index contributed by atoms with van der Waals surface area (Å²) < 4.78 is 5.59. The zero-order valence-electron chi connectivity index (χ0n) is 19.0. The van der Waals surface area contributed by atoms with Crippen molar-refractivity contribution in [3.05, 3.63) is 23.9 Å². The lowest BCUT2D eigenvalue weighted by Crippen LogP contribution is -2.53. The van der Waals surface area contributed by atoms with E-state index in [9.17, 15) is 0 Å². The summed E-state index contributed by atoms with van der Waals surface area (Å²) in [5.41, 5.74) is 1.17.